The summed E-state index contributed by atoms with van der Waals surface area (Å²) in [6, 6.07) is 12.1. The lowest BCUT2D eigenvalue weighted by molar-refractivity contribution is -0.115. The summed E-state index contributed by atoms with van der Waals surface area (Å²) in [6.45, 7) is 3.16. The number of nitrogens with one attached hydrogen (secondary N) is 2. The molecule has 34 heavy (non-hydrogen) atoms. The molecule has 178 valence electrons. The largest absolute Gasteiger partial charge is 0.412 e. The van der Waals surface area contributed by atoms with Crippen molar-refractivity contribution in [3.63, 3.8) is 0 Å². The van der Waals surface area contributed by atoms with E-state index < -0.39 is 17.7 Å². The van der Waals surface area contributed by atoms with Crippen molar-refractivity contribution in [3.05, 3.63) is 71.3 Å². The van der Waals surface area contributed by atoms with E-state index in [1.54, 1.807) is 49.4 Å². The molecule has 0 aliphatic heterocycles. The molecule has 0 spiro atoms. The molecule has 0 aliphatic rings. The molecule has 6 nitrogen and oxygen atoms in total. The molecule has 0 bridgehead atoms. The topological polar surface area (TPSA) is 101 Å². The number of hydrogen-bond donors (Lipinski definition) is 3. The normalized spacial score (nSPS) is 12.7. The van der Waals surface area contributed by atoms with Crippen LogP contribution in [0.5, 0.6) is 0 Å². The Balaban J connectivity index is 1.70. The molecule has 0 unspecified atom stereocenters. The Kier molecular flexibility index (Phi) is 7.55. The number of carbonyl (C=O) groups excluding carboxylic acids is 2. The third-order valence-electron chi connectivity index (χ3n) is 5.28. The summed E-state index contributed by atoms with van der Waals surface area (Å²) in [5.74, 6) is -0.831. The van der Waals surface area contributed by atoms with Crippen molar-refractivity contribution < 1.29 is 22.8 Å². The van der Waals surface area contributed by atoms with E-state index in [1.807, 2.05) is 6.07 Å². The van der Waals surface area contributed by atoms with Crippen LogP contribution in [0.4, 0.5) is 18.9 Å². The molecule has 1 heterocycles. The molecule has 9 heteroatoms. The first kappa shape index (κ1) is 24.8. The molecular formula is C25H25F3N4O2. The second kappa shape index (κ2) is 10.4. The Labute approximate surface area is 194 Å². The van der Waals surface area contributed by atoms with E-state index in [2.05, 4.69) is 15.5 Å². The minimum atomic E-state index is -4.33. The minimum Gasteiger partial charge on any atom is -0.366 e. The van der Waals surface area contributed by atoms with E-state index in [9.17, 15) is 22.8 Å². The molecule has 3 rings (SSSR count). The number of halogens is 3. The van der Waals surface area contributed by atoms with Crippen LogP contribution in [0.1, 0.15) is 43.5 Å². The van der Waals surface area contributed by atoms with Gasteiger partial charge < -0.3 is 11.1 Å². The van der Waals surface area contributed by atoms with Crippen molar-refractivity contribution in [2.75, 3.05) is 5.32 Å². The van der Waals surface area contributed by atoms with E-state index in [4.69, 9.17) is 5.73 Å². The molecule has 4 N–H and O–H groups in total. The van der Waals surface area contributed by atoms with Crippen LogP contribution in [0.2, 0.25) is 0 Å². The van der Waals surface area contributed by atoms with Crippen LogP contribution in [0, 0.1) is 0 Å². The van der Waals surface area contributed by atoms with E-state index in [0.29, 0.717) is 22.5 Å². The first-order valence-electron chi connectivity index (χ1n) is 10.7. The van der Waals surface area contributed by atoms with Gasteiger partial charge in [0.2, 0.25) is 11.8 Å². The van der Waals surface area contributed by atoms with Crippen LogP contribution >= 0.6 is 0 Å². The Morgan fingerprint density at radius 1 is 1.15 bits per heavy atom. The standard InChI is InChI=1S/C25H25F3N4O2/c1-3-18(25(26,27)28)8-4-6-15(2)12-22(33)30-19-9-5-7-16(13-19)23-20-14-17(24(29)34)10-11-21(20)31-32-23/h5-11,13-14H,3-4,12H2,1-2H3,(H2,29,34)(H,30,33)(H,31,32)/b15-6+,18-8+. The minimum absolute atomic E-state index is 0.0544. The zero-order chi connectivity index (χ0) is 24.9. The molecule has 0 atom stereocenters. The Hall–Kier alpha value is -3.88. The van der Waals surface area contributed by atoms with Gasteiger partial charge in [0, 0.05) is 34.2 Å². The highest BCUT2D eigenvalue weighted by atomic mass is 19.4. The summed E-state index contributed by atoms with van der Waals surface area (Å²) in [6.07, 6.45) is -1.51. The number of primary amides is 1. The van der Waals surface area contributed by atoms with E-state index in [-0.39, 0.29) is 25.2 Å². The summed E-state index contributed by atoms with van der Waals surface area (Å²) in [4.78, 5) is 24.0. The molecule has 0 saturated heterocycles. The number of aromatic nitrogens is 2. The fourth-order valence-electron chi connectivity index (χ4n) is 3.53. The van der Waals surface area contributed by atoms with Crippen LogP contribution in [-0.2, 0) is 4.79 Å². The zero-order valence-electron chi connectivity index (χ0n) is 18.8. The summed E-state index contributed by atoms with van der Waals surface area (Å²) in [5.41, 5.74) is 8.44. The molecule has 2 amide bonds. The highest BCUT2D eigenvalue weighted by Crippen LogP contribution is 2.29. The van der Waals surface area contributed by atoms with Crippen molar-refractivity contribution in [1.82, 2.24) is 10.2 Å². The van der Waals surface area contributed by atoms with Gasteiger partial charge in [-0.25, -0.2) is 0 Å². The lowest BCUT2D eigenvalue weighted by Gasteiger charge is -2.09. The predicted molar refractivity (Wildman–Crippen MR) is 126 cm³/mol. The number of nitrogens with zero attached hydrogens (tertiary/aromatic N) is 1. The molecule has 3 aromatic rings. The molecular weight excluding hydrogens is 445 g/mol. The Morgan fingerprint density at radius 3 is 2.59 bits per heavy atom. The van der Waals surface area contributed by atoms with Crippen LogP contribution in [0.25, 0.3) is 22.2 Å². The molecule has 0 aliphatic carbocycles. The number of alkyl halides is 3. The SMILES string of the molecule is CC/C(=C\C/C=C(\C)CC(=O)Nc1cccc(-c2n[nH]c3ccc(C(N)=O)cc23)c1)C(F)(F)F. The van der Waals surface area contributed by atoms with Gasteiger partial charge in [0.25, 0.3) is 0 Å². The van der Waals surface area contributed by atoms with Gasteiger partial charge in [-0.05, 0) is 50.1 Å². The van der Waals surface area contributed by atoms with Crippen molar-refractivity contribution >= 4 is 28.4 Å². The number of fused-ring (bicyclic) bond motifs is 1. The number of amides is 2. The smallest absolute Gasteiger partial charge is 0.366 e. The van der Waals surface area contributed by atoms with Gasteiger partial charge in [-0.15, -0.1) is 0 Å². The third kappa shape index (κ3) is 6.12. The number of nitrogens with two attached hydrogens (primary N) is 1. The van der Waals surface area contributed by atoms with Gasteiger partial charge in [0.1, 0.15) is 0 Å². The fourth-order valence-corrected chi connectivity index (χ4v) is 3.53. The van der Waals surface area contributed by atoms with Crippen LogP contribution < -0.4 is 11.1 Å². The first-order chi connectivity index (χ1) is 16.1. The second-order valence-corrected chi connectivity index (χ2v) is 7.87. The average molecular weight is 470 g/mol. The predicted octanol–water partition coefficient (Wildman–Crippen LogP) is 5.89. The van der Waals surface area contributed by atoms with Gasteiger partial charge in [0.05, 0.1) is 11.2 Å². The number of H-pyrrole nitrogens is 1. The van der Waals surface area contributed by atoms with Crippen molar-refractivity contribution in [2.45, 2.75) is 39.3 Å². The average Bonchev–Trinajstić information content (AvgIpc) is 3.19. The fraction of sp³-hybridized carbons (Fsp3) is 0.240. The van der Waals surface area contributed by atoms with Gasteiger partial charge >= 0.3 is 6.18 Å². The molecule has 0 radical (unpaired) electrons. The monoisotopic (exact) mass is 470 g/mol. The third-order valence-corrected chi connectivity index (χ3v) is 5.28. The van der Waals surface area contributed by atoms with E-state index in [0.717, 1.165) is 22.5 Å². The van der Waals surface area contributed by atoms with E-state index >= 15 is 0 Å². The van der Waals surface area contributed by atoms with Crippen molar-refractivity contribution in [3.8, 4) is 11.3 Å². The number of hydrogen-bond acceptors (Lipinski definition) is 3. The summed E-state index contributed by atoms with van der Waals surface area (Å²) < 4.78 is 38.4. The quantitative estimate of drug-likeness (QED) is 0.358. The maximum absolute atomic E-state index is 12.8. The van der Waals surface area contributed by atoms with Crippen LogP contribution in [0.3, 0.4) is 0 Å². The summed E-state index contributed by atoms with van der Waals surface area (Å²) in [5, 5.41) is 10.7. The zero-order valence-corrected chi connectivity index (χ0v) is 18.8. The first-order valence-corrected chi connectivity index (χ1v) is 10.7. The lowest BCUT2D eigenvalue weighted by Crippen LogP contribution is -2.12. The highest BCUT2D eigenvalue weighted by molar-refractivity contribution is 6.01. The van der Waals surface area contributed by atoms with Gasteiger partial charge in [-0.1, -0.05) is 36.8 Å². The van der Waals surface area contributed by atoms with Gasteiger partial charge in [0.15, 0.2) is 0 Å². The van der Waals surface area contributed by atoms with Crippen molar-refractivity contribution in [2.24, 2.45) is 5.73 Å². The maximum atomic E-state index is 12.8. The number of aromatic amines is 1. The van der Waals surface area contributed by atoms with E-state index in [1.165, 1.54) is 6.92 Å². The Bertz CT molecular complexity index is 1270. The highest BCUT2D eigenvalue weighted by Gasteiger charge is 2.31. The number of carbonyl (C=O) groups is 2. The lowest BCUT2D eigenvalue weighted by atomic mass is 10.0. The molecule has 2 aromatic carbocycles. The number of anilines is 1. The van der Waals surface area contributed by atoms with Gasteiger partial charge in [-0.3, -0.25) is 14.7 Å². The van der Waals surface area contributed by atoms with Crippen LogP contribution in [0.15, 0.2) is 65.8 Å². The second-order valence-electron chi connectivity index (χ2n) is 7.87. The number of benzene rings is 2. The summed E-state index contributed by atoms with van der Waals surface area (Å²) >= 11 is 0. The molecule has 0 saturated carbocycles. The molecule has 1 aromatic heterocycles. The number of allylic oxidation sites excluding steroid dienone is 3. The summed E-state index contributed by atoms with van der Waals surface area (Å²) in [7, 11) is 0. The van der Waals surface area contributed by atoms with Crippen LogP contribution in [-0.4, -0.2) is 28.2 Å². The maximum Gasteiger partial charge on any atom is 0.412 e. The van der Waals surface area contributed by atoms with Gasteiger partial charge in [-0.2, -0.15) is 18.3 Å². The Morgan fingerprint density at radius 2 is 1.91 bits per heavy atom. The molecule has 0 fully saturated rings. The number of rotatable bonds is 8. The van der Waals surface area contributed by atoms with Crippen molar-refractivity contribution in [1.29, 1.82) is 0 Å².